The molecule has 1 aromatic rings. The largest absolute Gasteiger partial charge is 0.316 e. The fraction of sp³-hybridized carbons (Fsp3) is 0.333. The molecule has 1 rings (SSSR count). The third-order valence-corrected chi connectivity index (χ3v) is 2.33. The molecule has 0 aliphatic heterocycles. The molecule has 0 aliphatic carbocycles. The van der Waals surface area contributed by atoms with Crippen LogP contribution >= 0.6 is 0 Å². The van der Waals surface area contributed by atoms with Crippen LogP contribution in [0, 0.1) is 10.1 Å². The van der Waals surface area contributed by atoms with Gasteiger partial charge in [0.25, 0.3) is 5.69 Å². The highest BCUT2D eigenvalue weighted by Gasteiger charge is 2.02. The molecule has 0 aliphatic rings. The van der Waals surface area contributed by atoms with Crippen molar-refractivity contribution in [2.24, 2.45) is 0 Å². The standard InChI is InChI=1S/C12H16N2O2/c1-3-10(9-13-2)8-11-4-6-12(7-5-11)14(15)16/h4-8,13H,3,9H2,1-2H3. The molecule has 0 heterocycles. The smallest absolute Gasteiger partial charge is 0.269 e. The number of nitro groups is 1. The zero-order chi connectivity index (χ0) is 12.0. The Morgan fingerprint density at radius 1 is 1.44 bits per heavy atom. The second-order valence-corrected chi connectivity index (χ2v) is 3.54. The van der Waals surface area contributed by atoms with Crippen LogP contribution in [-0.4, -0.2) is 18.5 Å². The van der Waals surface area contributed by atoms with Crippen LogP contribution in [0.1, 0.15) is 18.9 Å². The van der Waals surface area contributed by atoms with E-state index in [0.717, 1.165) is 18.5 Å². The number of nitro benzene ring substituents is 1. The lowest BCUT2D eigenvalue weighted by molar-refractivity contribution is -0.384. The summed E-state index contributed by atoms with van der Waals surface area (Å²) in [4.78, 5) is 10.1. The number of hydrogen-bond donors (Lipinski definition) is 1. The quantitative estimate of drug-likeness (QED) is 0.613. The molecule has 0 saturated carbocycles. The summed E-state index contributed by atoms with van der Waals surface area (Å²) in [7, 11) is 1.90. The number of non-ortho nitro benzene ring substituents is 1. The van der Waals surface area contributed by atoms with Gasteiger partial charge in [-0.25, -0.2) is 0 Å². The van der Waals surface area contributed by atoms with Gasteiger partial charge in [-0.15, -0.1) is 0 Å². The van der Waals surface area contributed by atoms with Crippen molar-refractivity contribution in [2.45, 2.75) is 13.3 Å². The number of nitrogens with one attached hydrogen (secondary N) is 1. The van der Waals surface area contributed by atoms with Gasteiger partial charge in [-0.05, 0) is 31.2 Å². The summed E-state index contributed by atoms with van der Waals surface area (Å²) < 4.78 is 0. The summed E-state index contributed by atoms with van der Waals surface area (Å²) in [5, 5.41) is 13.6. The van der Waals surface area contributed by atoms with Gasteiger partial charge in [0.2, 0.25) is 0 Å². The second kappa shape index (κ2) is 6.02. The van der Waals surface area contributed by atoms with Crippen molar-refractivity contribution in [2.75, 3.05) is 13.6 Å². The first-order chi connectivity index (χ1) is 7.67. The van der Waals surface area contributed by atoms with Crippen LogP contribution in [0.3, 0.4) is 0 Å². The van der Waals surface area contributed by atoms with Gasteiger partial charge in [-0.1, -0.05) is 18.6 Å². The zero-order valence-electron chi connectivity index (χ0n) is 9.56. The van der Waals surface area contributed by atoms with Crippen LogP contribution in [0.4, 0.5) is 5.69 Å². The van der Waals surface area contributed by atoms with E-state index < -0.39 is 0 Å². The first-order valence-corrected chi connectivity index (χ1v) is 5.26. The predicted octanol–water partition coefficient (Wildman–Crippen LogP) is 2.61. The predicted molar refractivity (Wildman–Crippen MR) is 65.3 cm³/mol. The Hall–Kier alpha value is -1.68. The molecule has 0 spiro atoms. The fourth-order valence-corrected chi connectivity index (χ4v) is 1.43. The first-order valence-electron chi connectivity index (χ1n) is 5.26. The molecule has 4 nitrogen and oxygen atoms in total. The number of hydrogen-bond acceptors (Lipinski definition) is 3. The number of likely N-dealkylation sites (N-methyl/N-ethyl adjacent to an activating group) is 1. The lowest BCUT2D eigenvalue weighted by Gasteiger charge is -2.03. The van der Waals surface area contributed by atoms with Crippen molar-refractivity contribution < 1.29 is 4.92 Å². The maximum atomic E-state index is 10.5. The molecule has 1 N–H and O–H groups in total. The molecule has 0 amide bonds. The minimum atomic E-state index is -0.387. The van der Waals surface area contributed by atoms with E-state index in [0.29, 0.717) is 0 Å². The SMILES string of the molecule is CCC(=Cc1ccc([N+](=O)[O-])cc1)CNC. The summed E-state index contributed by atoms with van der Waals surface area (Å²) in [6.07, 6.45) is 3.03. The van der Waals surface area contributed by atoms with Gasteiger partial charge in [0, 0.05) is 18.7 Å². The summed E-state index contributed by atoms with van der Waals surface area (Å²) >= 11 is 0. The molecular weight excluding hydrogens is 204 g/mol. The highest BCUT2D eigenvalue weighted by Crippen LogP contribution is 2.15. The molecule has 0 fully saturated rings. The Balaban J connectivity index is 2.84. The Labute approximate surface area is 95.1 Å². The molecular formula is C12H16N2O2. The Morgan fingerprint density at radius 3 is 2.50 bits per heavy atom. The summed E-state index contributed by atoms with van der Waals surface area (Å²) in [5.41, 5.74) is 2.40. The zero-order valence-corrected chi connectivity index (χ0v) is 9.56. The topological polar surface area (TPSA) is 55.2 Å². The van der Waals surface area contributed by atoms with E-state index in [2.05, 4.69) is 18.3 Å². The third-order valence-electron chi connectivity index (χ3n) is 2.33. The van der Waals surface area contributed by atoms with Gasteiger partial charge in [0.05, 0.1) is 4.92 Å². The lowest BCUT2D eigenvalue weighted by Crippen LogP contribution is -2.09. The van der Waals surface area contributed by atoms with Crippen molar-refractivity contribution in [3.8, 4) is 0 Å². The van der Waals surface area contributed by atoms with E-state index in [1.54, 1.807) is 12.1 Å². The van der Waals surface area contributed by atoms with Crippen LogP contribution in [0.2, 0.25) is 0 Å². The Morgan fingerprint density at radius 2 is 2.06 bits per heavy atom. The molecule has 4 heteroatoms. The van der Waals surface area contributed by atoms with Crippen molar-refractivity contribution in [3.05, 3.63) is 45.5 Å². The summed E-state index contributed by atoms with van der Waals surface area (Å²) in [6.45, 7) is 2.93. The molecule has 0 unspecified atom stereocenters. The van der Waals surface area contributed by atoms with E-state index in [1.807, 2.05) is 7.05 Å². The van der Waals surface area contributed by atoms with E-state index in [1.165, 1.54) is 17.7 Å². The van der Waals surface area contributed by atoms with E-state index >= 15 is 0 Å². The van der Waals surface area contributed by atoms with Gasteiger partial charge in [-0.3, -0.25) is 10.1 Å². The number of benzene rings is 1. The normalized spacial score (nSPS) is 11.5. The molecule has 0 saturated heterocycles. The molecule has 0 bridgehead atoms. The minimum absolute atomic E-state index is 0.129. The maximum Gasteiger partial charge on any atom is 0.269 e. The average Bonchev–Trinajstić information content (AvgIpc) is 2.29. The fourth-order valence-electron chi connectivity index (χ4n) is 1.43. The summed E-state index contributed by atoms with van der Waals surface area (Å²) in [6, 6.07) is 6.59. The highest BCUT2D eigenvalue weighted by molar-refractivity contribution is 5.55. The van der Waals surface area contributed by atoms with Crippen LogP contribution < -0.4 is 5.32 Å². The minimum Gasteiger partial charge on any atom is -0.316 e. The molecule has 16 heavy (non-hydrogen) atoms. The van der Waals surface area contributed by atoms with E-state index in [9.17, 15) is 10.1 Å². The maximum absolute atomic E-state index is 10.5. The molecule has 0 atom stereocenters. The van der Waals surface area contributed by atoms with Crippen LogP contribution in [0.15, 0.2) is 29.8 Å². The molecule has 0 aromatic heterocycles. The first kappa shape index (κ1) is 12.4. The average molecular weight is 220 g/mol. The van der Waals surface area contributed by atoms with Gasteiger partial charge >= 0.3 is 0 Å². The van der Waals surface area contributed by atoms with E-state index in [4.69, 9.17) is 0 Å². The van der Waals surface area contributed by atoms with Gasteiger partial charge in [-0.2, -0.15) is 0 Å². The van der Waals surface area contributed by atoms with Crippen LogP contribution in [0.25, 0.3) is 6.08 Å². The Kier molecular flexibility index (Phi) is 4.66. The van der Waals surface area contributed by atoms with Crippen molar-refractivity contribution in [3.63, 3.8) is 0 Å². The van der Waals surface area contributed by atoms with Crippen LogP contribution in [0.5, 0.6) is 0 Å². The highest BCUT2D eigenvalue weighted by atomic mass is 16.6. The lowest BCUT2D eigenvalue weighted by atomic mass is 10.1. The number of rotatable bonds is 5. The molecule has 86 valence electrons. The van der Waals surface area contributed by atoms with E-state index in [-0.39, 0.29) is 10.6 Å². The molecule has 0 radical (unpaired) electrons. The monoisotopic (exact) mass is 220 g/mol. The van der Waals surface area contributed by atoms with Gasteiger partial charge in [0.1, 0.15) is 0 Å². The van der Waals surface area contributed by atoms with Crippen molar-refractivity contribution in [1.29, 1.82) is 0 Å². The van der Waals surface area contributed by atoms with Crippen molar-refractivity contribution in [1.82, 2.24) is 5.32 Å². The summed E-state index contributed by atoms with van der Waals surface area (Å²) in [5.74, 6) is 0. The van der Waals surface area contributed by atoms with Crippen molar-refractivity contribution >= 4 is 11.8 Å². The van der Waals surface area contributed by atoms with Gasteiger partial charge in [0.15, 0.2) is 0 Å². The third kappa shape index (κ3) is 3.47. The van der Waals surface area contributed by atoms with Crippen LogP contribution in [-0.2, 0) is 0 Å². The number of nitrogens with zero attached hydrogens (tertiary/aromatic N) is 1. The second-order valence-electron chi connectivity index (χ2n) is 3.54. The molecule has 1 aromatic carbocycles. The van der Waals surface area contributed by atoms with Gasteiger partial charge < -0.3 is 5.32 Å². The Bertz CT molecular complexity index is 383.